The second-order valence-corrected chi connectivity index (χ2v) is 4.96. The highest BCUT2D eigenvalue weighted by Gasteiger charge is 2.16. The van der Waals surface area contributed by atoms with E-state index in [1.165, 1.54) is 5.57 Å². The molecule has 1 aliphatic heterocycles. The van der Waals surface area contributed by atoms with Gasteiger partial charge in [-0.1, -0.05) is 18.2 Å². The van der Waals surface area contributed by atoms with Gasteiger partial charge in [0.25, 0.3) is 0 Å². The molecular weight excluding hydrogens is 262 g/mol. The number of hydrogen-bond donors (Lipinski definition) is 1. The summed E-state index contributed by atoms with van der Waals surface area (Å²) in [6.07, 6.45) is 4.77. The van der Waals surface area contributed by atoms with Gasteiger partial charge >= 0.3 is 0 Å². The van der Waals surface area contributed by atoms with E-state index >= 15 is 0 Å². The minimum Gasteiger partial charge on any atom is -0.508 e. The van der Waals surface area contributed by atoms with Crippen LogP contribution in [0.2, 0.25) is 0 Å². The van der Waals surface area contributed by atoms with Gasteiger partial charge in [-0.25, -0.2) is 4.98 Å². The van der Waals surface area contributed by atoms with Crippen molar-refractivity contribution in [2.24, 2.45) is 0 Å². The van der Waals surface area contributed by atoms with Crippen LogP contribution in [0.25, 0.3) is 5.57 Å². The predicted octanol–water partition coefficient (Wildman–Crippen LogP) is 2.95. The Labute approximate surface area is 123 Å². The molecule has 0 radical (unpaired) electrons. The lowest BCUT2D eigenvalue weighted by Crippen LogP contribution is -2.29. The topological polar surface area (TPSA) is 60.2 Å². The average molecular weight is 277 g/mol. The van der Waals surface area contributed by atoms with Crippen LogP contribution in [0.4, 0.5) is 5.82 Å². The summed E-state index contributed by atoms with van der Waals surface area (Å²) in [5, 5.41) is 18.5. The molecule has 2 aromatic rings. The van der Waals surface area contributed by atoms with E-state index in [4.69, 9.17) is 5.26 Å². The number of aromatic hydroxyl groups is 1. The van der Waals surface area contributed by atoms with Crippen molar-refractivity contribution in [2.45, 2.75) is 6.42 Å². The third-order valence-electron chi connectivity index (χ3n) is 3.65. The number of phenols is 1. The van der Waals surface area contributed by atoms with Crippen molar-refractivity contribution in [1.29, 1.82) is 5.26 Å². The van der Waals surface area contributed by atoms with Crippen molar-refractivity contribution in [3.8, 4) is 11.8 Å². The number of aromatic nitrogens is 1. The summed E-state index contributed by atoms with van der Waals surface area (Å²) in [5.41, 5.74) is 3.01. The lowest BCUT2D eigenvalue weighted by molar-refractivity contribution is 0.475. The summed E-state index contributed by atoms with van der Waals surface area (Å²) in [7, 11) is 0. The van der Waals surface area contributed by atoms with E-state index in [9.17, 15) is 5.11 Å². The lowest BCUT2D eigenvalue weighted by Gasteiger charge is -2.28. The van der Waals surface area contributed by atoms with Gasteiger partial charge in [0.1, 0.15) is 17.6 Å². The molecular formula is C17H15N3O. The standard InChI is InChI=1S/C17H15N3O/c18-12-15-2-1-9-19-17(15)20-10-7-14(8-11-20)13-3-5-16(21)6-4-13/h1-7,9,21H,8,10-11H2. The van der Waals surface area contributed by atoms with Crippen LogP contribution in [-0.4, -0.2) is 23.2 Å². The Morgan fingerprint density at radius 1 is 1.19 bits per heavy atom. The van der Waals surface area contributed by atoms with E-state index < -0.39 is 0 Å². The largest absolute Gasteiger partial charge is 0.508 e. The minimum absolute atomic E-state index is 0.281. The third-order valence-corrected chi connectivity index (χ3v) is 3.65. The molecule has 1 aromatic heterocycles. The highest BCUT2D eigenvalue weighted by atomic mass is 16.3. The molecule has 0 fully saturated rings. The Hall–Kier alpha value is -2.80. The number of anilines is 1. The number of hydrogen-bond acceptors (Lipinski definition) is 4. The maximum absolute atomic E-state index is 9.34. The Kier molecular flexibility index (Phi) is 3.57. The summed E-state index contributed by atoms with van der Waals surface area (Å²) in [4.78, 5) is 6.44. The van der Waals surface area contributed by atoms with Gasteiger partial charge in [0.2, 0.25) is 0 Å². The van der Waals surface area contributed by atoms with E-state index in [-0.39, 0.29) is 5.75 Å². The van der Waals surface area contributed by atoms with Crippen molar-refractivity contribution in [3.63, 3.8) is 0 Å². The molecule has 2 heterocycles. The van der Waals surface area contributed by atoms with Gasteiger partial charge in [0.05, 0.1) is 5.56 Å². The van der Waals surface area contributed by atoms with Gasteiger partial charge < -0.3 is 10.0 Å². The van der Waals surface area contributed by atoms with Crippen molar-refractivity contribution < 1.29 is 5.11 Å². The highest BCUT2D eigenvalue weighted by Crippen LogP contribution is 2.27. The van der Waals surface area contributed by atoms with Crippen molar-refractivity contribution >= 4 is 11.4 Å². The predicted molar refractivity (Wildman–Crippen MR) is 81.9 cm³/mol. The van der Waals surface area contributed by atoms with Gasteiger partial charge in [0, 0.05) is 19.3 Å². The Morgan fingerprint density at radius 3 is 2.67 bits per heavy atom. The molecule has 0 saturated heterocycles. The number of pyridine rings is 1. The van der Waals surface area contributed by atoms with Gasteiger partial charge in [-0.05, 0) is 41.8 Å². The molecule has 1 aliphatic rings. The molecule has 104 valence electrons. The zero-order valence-corrected chi connectivity index (χ0v) is 11.5. The molecule has 1 N–H and O–H groups in total. The molecule has 0 aliphatic carbocycles. The van der Waals surface area contributed by atoms with E-state index in [0.29, 0.717) is 5.56 Å². The summed E-state index contributed by atoms with van der Waals surface area (Å²) in [5.74, 6) is 1.03. The first-order valence-electron chi connectivity index (χ1n) is 6.86. The number of nitrogens with zero attached hydrogens (tertiary/aromatic N) is 3. The Morgan fingerprint density at radius 2 is 2.00 bits per heavy atom. The molecule has 0 amide bonds. The highest BCUT2D eigenvalue weighted by molar-refractivity contribution is 5.69. The summed E-state index contributed by atoms with van der Waals surface area (Å²) in [6, 6.07) is 13.0. The first kappa shape index (κ1) is 13.2. The number of benzene rings is 1. The molecule has 21 heavy (non-hydrogen) atoms. The second-order valence-electron chi connectivity index (χ2n) is 4.96. The van der Waals surface area contributed by atoms with E-state index in [1.807, 2.05) is 12.1 Å². The Balaban J connectivity index is 1.81. The molecule has 4 heteroatoms. The normalized spacial score (nSPS) is 14.4. The zero-order chi connectivity index (χ0) is 14.7. The first-order valence-corrected chi connectivity index (χ1v) is 6.86. The number of nitriles is 1. The molecule has 4 nitrogen and oxygen atoms in total. The van der Waals surface area contributed by atoms with Crippen LogP contribution < -0.4 is 4.90 Å². The maximum Gasteiger partial charge on any atom is 0.146 e. The fourth-order valence-corrected chi connectivity index (χ4v) is 2.54. The number of rotatable bonds is 2. The van der Waals surface area contributed by atoms with Crippen LogP contribution in [0.5, 0.6) is 5.75 Å². The zero-order valence-electron chi connectivity index (χ0n) is 11.5. The van der Waals surface area contributed by atoms with Crippen molar-refractivity contribution in [3.05, 3.63) is 59.8 Å². The molecule has 3 rings (SSSR count). The van der Waals surface area contributed by atoms with Crippen LogP contribution in [0.3, 0.4) is 0 Å². The Bertz CT molecular complexity index is 714. The maximum atomic E-state index is 9.34. The monoisotopic (exact) mass is 277 g/mol. The van der Waals surface area contributed by atoms with Crippen LogP contribution in [0, 0.1) is 11.3 Å². The SMILES string of the molecule is N#Cc1cccnc1N1CC=C(c2ccc(O)cc2)CC1. The van der Waals surface area contributed by atoms with Crippen molar-refractivity contribution in [2.75, 3.05) is 18.0 Å². The van der Waals surface area contributed by atoms with E-state index in [1.54, 1.807) is 30.5 Å². The van der Waals surface area contributed by atoms with Crippen LogP contribution in [0.15, 0.2) is 48.7 Å². The summed E-state index contributed by atoms with van der Waals surface area (Å²) >= 11 is 0. The molecule has 0 bridgehead atoms. The van der Waals surface area contributed by atoms with Crippen LogP contribution in [0.1, 0.15) is 17.5 Å². The van der Waals surface area contributed by atoms with Crippen molar-refractivity contribution in [1.82, 2.24) is 4.98 Å². The summed E-state index contributed by atoms with van der Waals surface area (Å²) in [6.45, 7) is 1.57. The minimum atomic E-state index is 0.281. The molecule has 0 unspecified atom stereocenters. The molecule has 0 spiro atoms. The quantitative estimate of drug-likeness (QED) is 0.916. The summed E-state index contributed by atoms with van der Waals surface area (Å²) < 4.78 is 0. The molecule has 1 aromatic carbocycles. The number of phenolic OH excluding ortho intramolecular Hbond substituents is 1. The second kappa shape index (κ2) is 5.68. The van der Waals surface area contributed by atoms with Crippen LogP contribution in [-0.2, 0) is 0 Å². The van der Waals surface area contributed by atoms with Gasteiger partial charge in [-0.3, -0.25) is 0 Å². The molecule has 0 atom stereocenters. The average Bonchev–Trinajstić information content (AvgIpc) is 2.56. The smallest absolute Gasteiger partial charge is 0.146 e. The first-order chi connectivity index (χ1) is 10.3. The fourth-order valence-electron chi connectivity index (χ4n) is 2.54. The lowest BCUT2D eigenvalue weighted by atomic mass is 9.99. The van der Waals surface area contributed by atoms with Gasteiger partial charge in [-0.15, -0.1) is 0 Å². The van der Waals surface area contributed by atoms with Gasteiger partial charge in [-0.2, -0.15) is 5.26 Å². The molecule has 0 saturated carbocycles. The van der Waals surface area contributed by atoms with Crippen LogP contribution >= 0.6 is 0 Å². The van der Waals surface area contributed by atoms with Gasteiger partial charge in [0.15, 0.2) is 0 Å². The van der Waals surface area contributed by atoms with E-state index in [2.05, 4.69) is 22.0 Å². The fraction of sp³-hybridized carbons (Fsp3) is 0.176. The third kappa shape index (κ3) is 2.72. The van der Waals surface area contributed by atoms with E-state index in [0.717, 1.165) is 30.9 Å².